The second-order valence-electron chi connectivity index (χ2n) is 2.07. The van der Waals surface area contributed by atoms with E-state index in [1.165, 1.54) is 0 Å². The SMILES string of the molecule is CC=N/C=C(/C)N(C)C. The number of nitrogens with zero attached hydrogens (tertiary/aromatic N) is 2. The highest BCUT2D eigenvalue weighted by molar-refractivity contribution is 5.54. The van der Waals surface area contributed by atoms with Crippen LogP contribution in [0.3, 0.4) is 0 Å². The molecule has 0 rings (SSSR count). The molecule has 0 heterocycles. The summed E-state index contributed by atoms with van der Waals surface area (Å²) in [6.45, 7) is 3.92. The van der Waals surface area contributed by atoms with Gasteiger partial charge >= 0.3 is 0 Å². The molecule has 0 bridgehead atoms. The van der Waals surface area contributed by atoms with E-state index in [0.717, 1.165) is 5.70 Å². The molecule has 0 aromatic heterocycles. The van der Waals surface area contributed by atoms with Crippen molar-refractivity contribution >= 4 is 6.21 Å². The molecule has 2 nitrogen and oxygen atoms in total. The zero-order valence-corrected chi connectivity index (χ0v) is 6.55. The van der Waals surface area contributed by atoms with Crippen molar-refractivity contribution in [1.29, 1.82) is 0 Å². The molecule has 0 fully saturated rings. The molecule has 2 heteroatoms. The van der Waals surface area contributed by atoms with Crippen LogP contribution in [0, 0.1) is 0 Å². The smallest absolute Gasteiger partial charge is 0.0452 e. The number of hydrogen-bond acceptors (Lipinski definition) is 2. The number of allylic oxidation sites excluding steroid dienone is 1. The molecule has 0 N–H and O–H groups in total. The van der Waals surface area contributed by atoms with E-state index in [4.69, 9.17) is 0 Å². The molecular formula is C7H14N2. The van der Waals surface area contributed by atoms with Gasteiger partial charge in [0.2, 0.25) is 0 Å². The van der Waals surface area contributed by atoms with Gasteiger partial charge in [-0.05, 0) is 13.8 Å². The van der Waals surface area contributed by atoms with E-state index < -0.39 is 0 Å². The Balaban J connectivity index is 3.84. The summed E-state index contributed by atoms with van der Waals surface area (Å²) in [7, 11) is 3.99. The average molecular weight is 126 g/mol. The van der Waals surface area contributed by atoms with Crippen molar-refractivity contribution < 1.29 is 0 Å². The average Bonchev–Trinajstić information content (AvgIpc) is 1.82. The summed E-state index contributed by atoms with van der Waals surface area (Å²) < 4.78 is 0. The van der Waals surface area contributed by atoms with Crippen LogP contribution in [-0.2, 0) is 0 Å². The van der Waals surface area contributed by atoms with Crippen LogP contribution in [0.1, 0.15) is 13.8 Å². The fourth-order valence-corrected chi connectivity index (χ4v) is 0.298. The second-order valence-corrected chi connectivity index (χ2v) is 2.07. The predicted octanol–water partition coefficient (Wildman–Crippen LogP) is 1.50. The standard InChI is InChI=1S/C7H14N2/c1-5-8-6-7(2)9(3)4/h5-6H,1-4H3/b7-6-,8-5?. The van der Waals surface area contributed by atoms with Crippen molar-refractivity contribution in [3.63, 3.8) is 0 Å². The highest BCUT2D eigenvalue weighted by Crippen LogP contribution is 1.94. The fourth-order valence-electron chi connectivity index (χ4n) is 0.298. The molecule has 9 heavy (non-hydrogen) atoms. The fraction of sp³-hybridized carbons (Fsp3) is 0.571. The molecular weight excluding hydrogens is 112 g/mol. The van der Waals surface area contributed by atoms with E-state index in [0.29, 0.717) is 0 Å². The quantitative estimate of drug-likeness (QED) is 0.512. The molecule has 0 atom stereocenters. The third kappa shape index (κ3) is 3.76. The predicted molar refractivity (Wildman–Crippen MR) is 41.6 cm³/mol. The molecule has 0 spiro atoms. The van der Waals surface area contributed by atoms with Crippen molar-refractivity contribution in [1.82, 2.24) is 4.90 Å². The molecule has 0 amide bonds. The third-order valence-corrected chi connectivity index (χ3v) is 1.12. The van der Waals surface area contributed by atoms with E-state index in [2.05, 4.69) is 4.99 Å². The molecule has 0 saturated heterocycles. The molecule has 52 valence electrons. The van der Waals surface area contributed by atoms with Crippen LogP contribution in [0.2, 0.25) is 0 Å². The monoisotopic (exact) mass is 126 g/mol. The van der Waals surface area contributed by atoms with Crippen LogP contribution in [0.15, 0.2) is 16.9 Å². The minimum Gasteiger partial charge on any atom is -0.380 e. The van der Waals surface area contributed by atoms with Crippen molar-refractivity contribution in [2.24, 2.45) is 4.99 Å². The molecule has 0 aromatic rings. The maximum atomic E-state index is 3.96. The van der Waals surface area contributed by atoms with E-state index in [1.54, 1.807) is 6.21 Å². The number of rotatable bonds is 2. The summed E-state index contributed by atoms with van der Waals surface area (Å²) in [5.74, 6) is 0. The Morgan fingerprint density at radius 1 is 1.44 bits per heavy atom. The number of hydrogen-bond donors (Lipinski definition) is 0. The van der Waals surface area contributed by atoms with Crippen LogP contribution < -0.4 is 0 Å². The topological polar surface area (TPSA) is 15.6 Å². The van der Waals surface area contributed by atoms with Gasteiger partial charge in [-0.2, -0.15) is 0 Å². The van der Waals surface area contributed by atoms with Crippen LogP contribution >= 0.6 is 0 Å². The van der Waals surface area contributed by atoms with Crippen molar-refractivity contribution in [3.05, 3.63) is 11.9 Å². The lowest BCUT2D eigenvalue weighted by atomic mass is 10.5. The zero-order valence-electron chi connectivity index (χ0n) is 6.55. The van der Waals surface area contributed by atoms with Crippen LogP contribution in [0.4, 0.5) is 0 Å². The van der Waals surface area contributed by atoms with Gasteiger partial charge < -0.3 is 4.90 Å². The molecule has 0 aliphatic carbocycles. The molecule has 0 aliphatic rings. The summed E-state index contributed by atoms with van der Waals surface area (Å²) >= 11 is 0. The lowest BCUT2D eigenvalue weighted by Crippen LogP contribution is -2.07. The Morgan fingerprint density at radius 3 is 2.33 bits per heavy atom. The van der Waals surface area contributed by atoms with E-state index in [1.807, 2.05) is 39.0 Å². The van der Waals surface area contributed by atoms with Gasteiger partial charge in [0.25, 0.3) is 0 Å². The first-order valence-electron chi connectivity index (χ1n) is 3.00. The van der Waals surface area contributed by atoms with E-state index >= 15 is 0 Å². The van der Waals surface area contributed by atoms with Crippen LogP contribution in [-0.4, -0.2) is 25.2 Å². The first kappa shape index (κ1) is 8.21. The van der Waals surface area contributed by atoms with Gasteiger partial charge in [-0.25, -0.2) is 0 Å². The molecule has 0 aromatic carbocycles. The molecule has 0 aliphatic heterocycles. The van der Waals surface area contributed by atoms with Gasteiger partial charge in [0, 0.05) is 32.2 Å². The first-order valence-corrected chi connectivity index (χ1v) is 3.00. The van der Waals surface area contributed by atoms with Crippen molar-refractivity contribution in [2.45, 2.75) is 13.8 Å². The van der Waals surface area contributed by atoms with Crippen LogP contribution in [0.5, 0.6) is 0 Å². The Kier molecular flexibility index (Phi) is 3.76. The Labute approximate surface area is 56.9 Å². The van der Waals surface area contributed by atoms with E-state index in [-0.39, 0.29) is 0 Å². The molecule has 0 unspecified atom stereocenters. The minimum atomic E-state index is 1.16. The van der Waals surface area contributed by atoms with Gasteiger partial charge in [0.1, 0.15) is 0 Å². The lowest BCUT2D eigenvalue weighted by Gasteiger charge is -2.10. The zero-order chi connectivity index (χ0) is 7.28. The first-order chi connectivity index (χ1) is 4.18. The highest BCUT2D eigenvalue weighted by Gasteiger charge is 1.85. The van der Waals surface area contributed by atoms with Gasteiger partial charge in [0.15, 0.2) is 0 Å². The van der Waals surface area contributed by atoms with Gasteiger partial charge in [-0.3, -0.25) is 4.99 Å². The summed E-state index contributed by atoms with van der Waals surface area (Å²) in [6.07, 6.45) is 3.60. The Morgan fingerprint density at radius 2 is 2.00 bits per heavy atom. The van der Waals surface area contributed by atoms with Gasteiger partial charge in [-0.1, -0.05) is 0 Å². The largest absolute Gasteiger partial charge is 0.380 e. The molecule has 0 saturated carbocycles. The van der Waals surface area contributed by atoms with Gasteiger partial charge in [0.05, 0.1) is 0 Å². The maximum Gasteiger partial charge on any atom is 0.0452 e. The minimum absolute atomic E-state index is 1.16. The second kappa shape index (κ2) is 4.13. The van der Waals surface area contributed by atoms with Gasteiger partial charge in [-0.15, -0.1) is 0 Å². The number of aliphatic imine (C=N–C) groups is 1. The molecule has 0 radical (unpaired) electrons. The van der Waals surface area contributed by atoms with E-state index in [9.17, 15) is 0 Å². The summed E-state index contributed by atoms with van der Waals surface area (Å²) in [5, 5.41) is 0. The highest BCUT2D eigenvalue weighted by atomic mass is 15.1. The third-order valence-electron chi connectivity index (χ3n) is 1.12. The Bertz CT molecular complexity index is 123. The normalized spacial score (nSPS) is 12.7. The van der Waals surface area contributed by atoms with Crippen molar-refractivity contribution in [3.8, 4) is 0 Å². The van der Waals surface area contributed by atoms with Crippen LogP contribution in [0.25, 0.3) is 0 Å². The summed E-state index contributed by atoms with van der Waals surface area (Å²) in [6, 6.07) is 0. The maximum absolute atomic E-state index is 3.96. The summed E-state index contributed by atoms with van der Waals surface area (Å²) in [4.78, 5) is 5.99. The summed E-state index contributed by atoms with van der Waals surface area (Å²) in [5.41, 5.74) is 1.16. The lowest BCUT2D eigenvalue weighted by molar-refractivity contribution is 0.512. The van der Waals surface area contributed by atoms with Crippen molar-refractivity contribution in [2.75, 3.05) is 14.1 Å². The Hall–Kier alpha value is -0.790.